The van der Waals surface area contributed by atoms with Gasteiger partial charge in [-0.3, -0.25) is 0 Å². The Bertz CT molecular complexity index is 717. The van der Waals surface area contributed by atoms with Crippen LogP contribution in [0.4, 0.5) is 4.79 Å². The fourth-order valence-corrected chi connectivity index (χ4v) is 2.01. The first-order valence-corrected chi connectivity index (χ1v) is 7.59. The Balaban J connectivity index is 1.76. The Hall–Kier alpha value is -3.22. The predicted molar refractivity (Wildman–Crippen MR) is 90.1 cm³/mol. The Morgan fingerprint density at radius 2 is 1.84 bits per heavy atom. The van der Waals surface area contributed by atoms with Crippen molar-refractivity contribution in [2.24, 2.45) is 0 Å². The highest BCUT2D eigenvalue weighted by Gasteiger charge is 2.10. The number of methoxy groups -OCH3 is 1. The molecule has 2 aromatic carbocycles. The Morgan fingerprint density at radius 3 is 2.52 bits per heavy atom. The van der Waals surface area contributed by atoms with Crippen LogP contribution < -0.4 is 14.8 Å². The van der Waals surface area contributed by atoms with Crippen LogP contribution >= 0.6 is 0 Å². The fraction of sp³-hybridized carbons (Fsp3) is 0.222. The summed E-state index contributed by atoms with van der Waals surface area (Å²) in [7, 11) is 1.46. The second-order valence-electron chi connectivity index (χ2n) is 5.01. The summed E-state index contributed by atoms with van der Waals surface area (Å²) in [6, 6.07) is 13.6. The molecule has 0 saturated heterocycles. The number of carbonyl (C=O) groups excluding carboxylic acids is 1. The number of nitrogens with one attached hydrogen (secondary N) is 1. The molecule has 0 fully saturated rings. The van der Waals surface area contributed by atoms with E-state index in [4.69, 9.17) is 19.3 Å². The van der Waals surface area contributed by atoms with Crippen molar-refractivity contribution in [1.82, 2.24) is 5.32 Å². The van der Waals surface area contributed by atoms with E-state index in [2.05, 4.69) is 5.32 Å². The molecule has 1 amide bonds. The lowest BCUT2D eigenvalue weighted by Gasteiger charge is -2.12. The van der Waals surface area contributed by atoms with Crippen LogP contribution in [0.25, 0.3) is 0 Å². The monoisotopic (exact) mass is 345 g/mol. The minimum absolute atomic E-state index is 0.0889. The van der Waals surface area contributed by atoms with Crippen LogP contribution in [0.15, 0.2) is 48.5 Å². The van der Waals surface area contributed by atoms with E-state index in [-0.39, 0.29) is 25.3 Å². The Morgan fingerprint density at radius 1 is 1.08 bits per heavy atom. The fourth-order valence-electron chi connectivity index (χ4n) is 2.01. The van der Waals surface area contributed by atoms with Crippen LogP contribution in [0.5, 0.6) is 11.5 Å². The third-order valence-corrected chi connectivity index (χ3v) is 3.25. The van der Waals surface area contributed by atoms with Crippen LogP contribution in [0.1, 0.15) is 15.9 Å². The zero-order chi connectivity index (χ0) is 18.1. The molecular formula is C18H19NO6. The molecule has 7 heteroatoms. The number of carbonyl (C=O) groups is 2. The van der Waals surface area contributed by atoms with Gasteiger partial charge >= 0.3 is 12.1 Å². The van der Waals surface area contributed by atoms with Gasteiger partial charge in [0.25, 0.3) is 0 Å². The number of aromatic carboxylic acids is 1. The van der Waals surface area contributed by atoms with Crippen molar-refractivity contribution in [1.29, 1.82) is 0 Å². The van der Waals surface area contributed by atoms with Crippen LogP contribution in [-0.4, -0.2) is 37.4 Å². The van der Waals surface area contributed by atoms with E-state index in [0.29, 0.717) is 11.5 Å². The third kappa shape index (κ3) is 5.72. The molecule has 0 aliphatic carbocycles. The molecular weight excluding hydrogens is 326 g/mol. The van der Waals surface area contributed by atoms with Crippen molar-refractivity contribution in [2.45, 2.75) is 6.61 Å². The van der Waals surface area contributed by atoms with Crippen LogP contribution in [0.2, 0.25) is 0 Å². The number of carboxylic acids is 1. The molecule has 0 bridgehead atoms. The molecule has 0 unspecified atom stereocenters. The lowest BCUT2D eigenvalue weighted by atomic mass is 10.2. The number of carboxylic acid groups (broad SMARTS) is 1. The van der Waals surface area contributed by atoms with E-state index < -0.39 is 12.1 Å². The van der Waals surface area contributed by atoms with Crippen molar-refractivity contribution in [3.63, 3.8) is 0 Å². The zero-order valence-corrected chi connectivity index (χ0v) is 13.7. The minimum Gasteiger partial charge on any atom is -0.493 e. The second-order valence-corrected chi connectivity index (χ2v) is 5.01. The van der Waals surface area contributed by atoms with E-state index in [0.717, 1.165) is 5.56 Å². The number of alkyl carbamates (subject to hydrolysis) is 1. The van der Waals surface area contributed by atoms with Gasteiger partial charge in [0.2, 0.25) is 0 Å². The smallest absolute Gasteiger partial charge is 0.407 e. The van der Waals surface area contributed by atoms with Gasteiger partial charge in [-0.15, -0.1) is 0 Å². The maximum absolute atomic E-state index is 11.6. The highest BCUT2D eigenvalue weighted by Crippen LogP contribution is 2.27. The van der Waals surface area contributed by atoms with Gasteiger partial charge in [0, 0.05) is 0 Å². The van der Waals surface area contributed by atoms with Crippen molar-refractivity contribution >= 4 is 12.1 Å². The summed E-state index contributed by atoms with van der Waals surface area (Å²) in [6.07, 6.45) is -0.557. The summed E-state index contributed by atoms with van der Waals surface area (Å²) < 4.78 is 15.7. The van der Waals surface area contributed by atoms with Gasteiger partial charge in [-0.25, -0.2) is 9.59 Å². The first kappa shape index (κ1) is 18.1. The Kier molecular flexibility index (Phi) is 6.65. The summed E-state index contributed by atoms with van der Waals surface area (Å²) >= 11 is 0. The molecule has 132 valence electrons. The number of rotatable bonds is 8. The molecule has 0 spiro atoms. The van der Waals surface area contributed by atoms with Gasteiger partial charge < -0.3 is 24.6 Å². The topological polar surface area (TPSA) is 94.1 Å². The molecule has 2 N–H and O–H groups in total. The van der Waals surface area contributed by atoms with Crippen LogP contribution in [-0.2, 0) is 11.3 Å². The van der Waals surface area contributed by atoms with Crippen molar-refractivity contribution in [2.75, 3.05) is 20.3 Å². The molecule has 0 heterocycles. The lowest BCUT2D eigenvalue weighted by Crippen LogP contribution is -2.28. The molecule has 0 radical (unpaired) electrons. The summed E-state index contributed by atoms with van der Waals surface area (Å²) in [6.45, 7) is 0.524. The van der Waals surface area contributed by atoms with Crippen LogP contribution in [0.3, 0.4) is 0 Å². The molecule has 0 aliphatic rings. The van der Waals surface area contributed by atoms with E-state index in [1.165, 1.54) is 25.3 Å². The standard InChI is InChI=1S/C18H19NO6/c1-23-15-8-7-14(17(20)21)11-16(15)24-10-9-19-18(22)25-12-13-5-3-2-4-6-13/h2-8,11H,9-10,12H2,1H3,(H,19,22)(H,20,21). The summed E-state index contributed by atoms with van der Waals surface area (Å²) in [4.78, 5) is 22.6. The van der Waals surface area contributed by atoms with Gasteiger partial charge in [-0.1, -0.05) is 30.3 Å². The van der Waals surface area contributed by atoms with Crippen molar-refractivity contribution in [3.8, 4) is 11.5 Å². The van der Waals surface area contributed by atoms with Gasteiger partial charge in [0.15, 0.2) is 11.5 Å². The van der Waals surface area contributed by atoms with Crippen molar-refractivity contribution in [3.05, 3.63) is 59.7 Å². The average Bonchev–Trinajstić information content (AvgIpc) is 2.64. The molecule has 0 aliphatic heterocycles. The SMILES string of the molecule is COc1ccc(C(=O)O)cc1OCCNC(=O)OCc1ccccc1. The van der Waals surface area contributed by atoms with E-state index in [1.54, 1.807) is 0 Å². The second kappa shape index (κ2) is 9.17. The zero-order valence-electron chi connectivity index (χ0n) is 13.7. The highest BCUT2D eigenvalue weighted by molar-refractivity contribution is 5.88. The number of ether oxygens (including phenoxy) is 3. The van der Waals surface area contributed by atoms with E-state index in [1.807, 2.05) is 30.3 Å². The summed E-state index contributed by atoms with van der Waals surface area (Å²) in [5.74, 6) is -0.353. The number of benzene rings is 2. The largest absolute Gasteiger partial charge is 0.493 e. The normalized spacial score (nSPS) is 9.96. The molecule has 7 nitrogen and oxygen atoms in total. The predicted octanol–water partition coefficient (Wildman–Crippen LogP) is 2.70. The molecule has 2 rings (SSSR count). The number of amides is 1. The number of hydrogen-bond acceptors (Lipinski definition) is 5. The quantitative estimate of drug-likeness (QED) is 0.715. The molecule has 2 aromatic rings. The van der Waals surface area contributed by atoms with E-state index in [9.17, 15) is 9.59 Å². The first-order valence-electron chi connectivity index (χ1n) is 7.59. The Labute approximate surface area is 145 Å². The van der Waals surface area contributed by atoms with Gasteiger partial charge in [0.1, 0.15) is 13.2 Å². The van der Waals surface area contributed by atoms with Gasteiger partial charge in [-0.2, -0.15) is 0 Å². The lowest BCUT2D eigenvalue weighted by molar-refractivity contribution is 0.0696. The molecule has 0 saturated carbocycles. The third-order valence-electron chi connectivity index (χ3n) is 3.25. The molecule has 0 atom stereocenters. The van der Waals surface area contributed by atoms with E-state index >= 15 is 0 Å². The summed E-state index contributed by atoms with van der Waals surface area (Å²) in [5.41, 5.74) is 0.982. The van der Waals surface area contributed by atoms with Crippen molar-refractivity contribution < 1.29 is 28.9 Å². The maximum Gasteiger partial charge on any atom is 0.407 e. The molecule has 25 heavy (non-hydrogen) atoms. The highest BCUT2D eigenvalue weighted by atomic mass is 16.5. The van der Waals surface area contributed by atoms with Crippen LogP contribution in [0, 0.1) is 0 Å². The van der Waals surface area contributed by atoms with Gasteiger partial charge in [-0.05, 0) is 23.8 Å². The summed E-state index contributed by atoms with van der Waals surface area (Å²) in [5, 5.41) is 11.6. The maximum atomic E-state index is 11.6. The van der Waals surface area contributed by atoms with Gasteiger partial charge in [0.05, 0.1) is 19.2 Å². The number of hydrogen-bond donors (Lipinski definition) is 2. The molecule has 0 aromatic heterocycles. The first-order chi connectivity index (χ1) is 12.1. The minimum atomic E-state index is -1.06. The average molecular weight is 345 g/mol.